The Morgan fingerprint density at radius 1 is 1.25 bits per heavy atom. The number of aryl methyl sites for hydroxylation is 1. The molecule has 1 N–H and O–H groups in total. The van der Waals surface area contributed by atoms with Gasteiger partial charge in [-0.2, -0.15) is 0 Å². The third-order valence-electron chi connectivity index (χ3n) is 2.47. The lowest BCUT2D eigenvalue weighted by atomic mass is 10.1. The van der Waals surface area contributed by atoms with Crippen molar-refractivity contribution in [3.63, 3.8) is 0 Å². The number of nitrogens with one attached hydrogen (secondary N) is 1. The molecule has 2 nitrogen and oxygen atoms in total. The fourth-order valence-corrected chi connectivity index (χ4v) is 1.92. The molecule has 2 aromatic rings. The van der Waals surface area contributed by atoms with Crippen molar-refractivity contribution in [1.29, 1.82) is 0 Å². The van der Waals surface area contributed by atoms with Gasteiger partial charge in [0.2, 0.25) is 0 Å². The van der Waals surface area contributed by atoms with E-state index in [0.29, 0.717) is 0 Å². The Kier molecular flexibility index (Phi) is 3.32. The van der Waals surface area contributed by atoms with E-state index in [9.17, 15) is 0 Å². The Morgan fingerprint density at radius 2 is 2.06 bits per heavy atom. The highest BCUT2D eigenvalue weighted by Crippen LogP contribution is 2.27. The molecule has 1 heterocycles. The molecule has 0 aliphatic rings. The molecule has 0 fully saturated rings. The SMILES string of the molecule is CNCc1ccc(-c2ccc(Cl)cc2C)o1. The lowest BCUT2D eigenvalue weighted by Crippen LogP contribution is -2.03. The highest BCUT2D eigenvalue weighted by molar-refractivity contribution is 6.30. The van der Waals surface area contributed by atoms with Gasteiger partial charge in [-0.25, -0.2) is 0 Å². The molecule has 1 aromatic carbocycles. The summed E-state index contributed by atoms with van der Waals surface area (Å²) in [6.07, 6.45) is 0. The van der Waals surface area contributed by atoms with E-state index in [4.69, 9.17) is 16.0 Å². The van der Waals surface area contributed by atoms with Gasteiger partial charge in [0.25, 0.3) is 0 Å². The zero-order valence-corrected chi connectivity index (χ0v) is 10.1. The Hall–Kier alpha value is -1.25. The highest BCUT2D eigenvalue weighted by Gasteiger charge is 2.07. The first-order valence-corrected chi connectivity index (χ1v) is 5.58. The summed E-state index contributed by atoms with van der Waals surface area (Å²) in [4.78, 5) is 0. The minimum atomic E-state index is 0.743. The fourth-order valence-electron chi connectivity index (χ4n) is 1.70. The molecule has 0 atom stereocenters. The van der Waals surface area contributed by atoms with Crippen LogP contribution < -0.4 is 5.32 Å². The van der Waals surface area contributed by atoms with E-state index in [0.717, 1.165) is 34.2 Å². The monoisotopic (exact) mass is 235 g/mol. The first kappa shape index (κ1) is 11.2. The number of furan rings is 1. The predicted octanol–water partition coefficient (Wildman–Crippen LogP) is 3.63. The predicted molar refractivity (Wildman–Crippen MR) is 66.7 cm³/mol. The van der Waals surface area contributed by atoms with Gasteiger partial charge in [0.15, 0.2) is 0 Å². The molecular weight excluding hydrogens is 222 g/mol. The van der Waals surface area contributed by atoms with Gasteiger partial charge in [0, 0.05) is 10.6 Å². The second-order valence-corrected chi connectivity index (χ2v) is 4.19. The zero-order chi connectivity index (χ0) is 11.5. The van der Waals surface area contributed by atoms with Crippen LogP contribution in [0.2, 0.25) is 5.02 Å². The van der Waals surface area contributed by atoms with Gasteiger partial charge in [0.1, 0.15) is 11.5 Å². The Bertz CT molecular complexity index is 490. The maximum Gasteiger partial charge on any atom is 0.134 e. The van der Waals surface area contributed by atoms with Gasteiger partial charge < -0.3 is 9.73 Å². The average molecular weight is 236 g/mol. The summed E-state index contributed by atoms with van der Waals surface area (Å²) in [6, 6.07) is 9.78. The van der Waals surface area contributed by atoms with E-state index in [-0.39, 0.29) is 0 Å². The van der Waals surface area contributed by atoms with Crippen LogP contribution >= 0.6 is 11.6 Å². The van der Waals surface area contributed by atoms with Gasteiger partial charge in [-0.1, -0.05) is 11.6 Å². The summed E-state index contributed by atoms with van der Waals surface area (Å²) in [6.45, 7) is 2.77. The molecule has 0 spiro atoms. The Balaban J connectivity index is 2.35. The molecule has 0 saturated heterocycles. The summed E-state index contributed by atoms with van der Waals surface area (Å²) in [5.41, 5.74) is 2.21. The summed E-state index contributed by atoms with van der Waals surface area (Å²) < 4.78 is 5.73. The molecule has 2 rings (SSSR count). The number of hydrogen-bond donors (Lipinski definition) is 1. The van der Waals surface area contributed by atoms with E-state index in [1.807, 2.05) is 44.3 Å². The van der Waals surface area contributed by atoms with E-state index in [1.54, 1.807) is 0 Å². The molecule has 0 aliphatic heterocycles. The van der Waals surface area contributed by atoms with Gasteiger partial charge in [-0.05, 0) is 49.9 Å². The third-order valence-corrected chi connectivity index (χ3v) is 2.70. The summed E-state index contributed by atoms with van der Waals surface area (Å²) in [5, 5.41) is 3.81. The fraction of sp³-hybridized carbons (Fsp3) is 0.231. The van der Waals surface area contributed by atoms with Crippen molar-refractivity contribution in [3.05, 3.63) is 46.7 Å². The summed E-state index contributed by atoms with van der Waals surface area (Å²) >= 11 is 5.92. The van der Waals surface area contributed by atoms with E-state index < -0.39 is 0 Å². The lowest BCUT2D eigenvalue weighted by Gasteiger charge is -2.03. The summed E-state index contributed by atoms with van der Waals surface area (Å²) in [5.74, 6) is 1.83. The molecule has 0 aliphatic carbocycles. The third kappa shape index (κ3) is 2.29. The van der Waals surface area contributed by atoms with Crippen LogP contribution in [0.5, 0.6) is 0 Å². The van der Waals surface area contributed by atoms with Crippen LogP contribution in [0.1, 0.15) is 11.3 Å². The van der Waals surface area contributed by atoms with Crippen molar-refractivity contribution >= 4 is 11.6 Å². The van der Waals surface area contributed by atoms with Gasteiger partial charge in [0.05, 0.1) is 6.54 Å². The zero-order valence-electron chi connectivity index (χ0n) is 9.38. The van der Waals surface area contributed by atoms with Crippen molar-refractivity contribution in [2.75, 3.05) is 7.05 Å². The Morgan fingerprint density at radius 3 is 2.75 bits per heavy atom. The minimum Gasteiger partial charge on any atom is -0.460 e. The number of halogens is 1. The second kappa shape index (κ2) is 4.73. The Labute approximate surface area is 100 Å². The van der Waals surface area contributed by atoms with E-state index in [1.165, 1.54) is 0 Å². The first-order chi connectivity index (χ1) is 7.70. The van der Waals surface area contributed by atoms with Crippen molar-refractivity contribution in [1.82, 2.24) is 5.32 Å². The molecule has 0 amide bonds. The van der Waals surface area contributed by atoms with Crippen LogP contribution in [0, 0.1) is 6.92 Å². The second-order valence-electron chi connectivity index (χ2n) is 3.76. The standard InChI is InChI=1S/C13H14ClNO/c1-9-7-10(14)3-5-12(9)13-6-4-11(16-13)8-15-2/h3-7,15H,8H2,1-2H3. The topological polar surface area (TPSA) is 25.2 Å². The molecule has 0 unspecified atom stereocenters. The van der Waals surface area contributed by atoms with E-state index >= 15 is 0 Å². The van der Waals surface area contributed by atoms with Crippen molar-refractivity contribution in [3.8, 4) is 11.3 Å². The molecular formula is C13H14ClNO. The van der Waals surface area contributed by atoms with Gasteiger partial charge >= 0.3 is 0 Å². The van der Waals surface area contributed by atoms with Gasteiger partial charge in [-0.3, -0.25) is 0 Å². The minimum absolute atomic E-state index is 0.743. The normalized spacial score (nSPS) is 10.7. The van der Waals surface area contributed by atoms with Crippen molar-refractivity contribution < 1.29 is 4.42 Å². The van der Waals surface area contributed by atoms with Crippen molar-refractivity contribution in [2.45, 2.75) is 13.5 Å². The first-order valence-electron chi connectivity index (χ1n) is 5.20. The highest BCUT2D eigenvalue weighted by atomic mass is 35.5. The van der Waals surface area contributed by atoms with Crippen LogP contribution in [-0.2, 0) is 6.54 Å². The maximum absolute atomic E-state index is 5.92. The van der Waals surface area contributed by atoms with Crippen LogP contribution in [0.4, 0.5) is 0 Å². The average Bonchev–Trinajstić information content (AvgIpc) is 2.67. The van der Waals surface area contributed by atoms with Gasteiger partial charge in [-0.15, -0.1) is 0 Å². The lowest BCUT2D eigenvalue weighted by molar-refractivity contribution is 0.507. The largest absolute Gasteiger partial charge is 0.460 e. The molecule has 0 bridgehead atoms. The van der Waals surface area contributed by atoms with Crippen LogP contribution in [0.15, 0.2) is 34.7 Å². The molecule has 16 heavy (non-hydrogen) atoms. The number of benzene rings is 1. The van der Waals surface area contributed by atoms with Crippen LogP contribution in [-0.4, -0.2) is 7.05 Å². The molecule has 1 aromatic heterocycles. The van der Waals surface area contributed by atoms with Crippen LogP contribution in [0.3, 0.4) is 0 Å². The maximum atomic E-state index is 5.92. The summed E-state index contributed by atoms with van der Waals surface area (Å²) in [7, 11) is 1.90. The number of hydrogen-bond acceptors (Lipinski definition) is 2. The number of rotatable bonds is 3. The molecule has 0 saturated carbocycles. The molecule has 3 heteroatoms. The molecule has 84 valence electrons. The molecule has 0 radical (unpaired) electrons. The van der Waals surface area contributed by atoms with Crippen molar-refractivity contribution in [2.24, 2.45) is 0 Å². The van der Waals surface area contributed by atoms with E-state index in [2.05, 4.69) is 5.32 Å². The quantitative estimate of drug-likeness (QED) is 0.879. The smallest absolute Gasteiger partial charge is 0.134 e. The van der Waals surface area contributed by atoms with Crippen LogP contribution in [0.25, 0.3) is 11.3 Å².